The van der Waals surface area contributed by atoms with Crippen molar-refractivity contribution in [2.24, 2.45) is 11.8 Å². The molecule has 0 spiro atoms. The van der Waals surface area contributed by atoms with E-state index in [0.717, 1.165) is 12.8 Å². The average molecular weight is 171 g/mol. The molecule has 0 heterocycles. The summed E-state index contributed by atoms with van der Waals surface area (Å²) < 4.78 is 0. The van der Waals surface area contributed by atoms with Gasteiger partial charge in [0, 0.05) is 11.9 Å². The van der Waals surface area contributed by atoms with Crippen LogP contribution in [0.2, 0.25) is 0 Å². The molecule has 68 valence electrons. The molecule has 0 bridgehead atoms. The molecule has 4 nitrogen and oxygen atoms in total. The summed E-state index contributed by atoms with van der Waals surface area (Å²) in [5, 5.41) is 19.2. The molecule has 0 radical (unpaired) electrons. The van der Waals surface area contributed by atoms with Crippen LogP contribution in [-0.2, 0) is 9.59 Å². The van der Waals surface area contributed by atoms with Gasteiger partial charge in [0.25, 0.3) is 0 Å². The third-order valence-electron chi connectivity index (χ3n) is 2.39. The van der Waals surface area contributed by atoms with Crippen LogP contribution in [-0.4, -0.2) is 17.0 Å². The molecule has 4 heteroatoms. The molecule has 0 aromatic rings. The van der Waals surface area contributed by atoms with E-state index in [-0.39, 0.29) is 0 Å². The van der Waals surface area contributed by atoms with E-state index in [9.17, 15) is 14.7 Å². The van der Waals surface area contributed by atoms with Crippen molar-refractivity contribution < 1.29 is 19.8 Å². The van der Waals surface area contributed by atoms with Crippen LogP contribution in [0.3, 0.4) is 0 Å². The lowest BCUT2D eigenvalue weighted by Crippen LogP contribution is -2.40. The number of carbonyl (C=O) groups excluding carboxylic acids is 1. The van der Waals surface area contributed by atoms with E-state index >= 15 is 0 Å². The van der Waals surface area contributed by atoms with Gasteiger partial charge < -0.3 is 15.0 Å². The lowest BCUT2D eigenvalue weighted by Gasteiger charge is -2.28. The zero-order chi connectivity index (χ0) is 9.14. The number of aliphatic carboxylic acids is 2. The topological polar surface area (TPSA) is 77.4 Å². The summed E-state index contributed by atoms with van der Waals surface area (Å²) in [5.41, 5.74) is 0. The molecular weight excluding hydrogens is 160 g/mol. The van der Waals surface area contributed by atoms with Crippen LogP contribution in [0.1, 0.15) is 25.7 Å². The highest BCUT2D eigenvalue weighted by molar-refractivity contribution is 5.79. The first-order valence-corrected chi connectivity index (χ1v) is 4.06. The third-order valence-corrected chi connectivity index (χ3v) is 2.39. The molecule has 0 aliphatic heterocycles. The quantitative estimate of drug-likeness (QED) is 0.614. The van der Waals surface area contributed by atoms with Crippen molar-refractivity contribution in [3.05, 3.63) is 0 Å². The molecule has 0 amide bonds. The highest BCUT2D eigenvalue weighted by atomic mass is 16.4. The summed E-state index contributed by atoms with van der Waals surface area (Å²) in [6.45, 7) is 0. The van der Waals surface area contributed by atoms with Gasteiger partial charge in [0.15, 0.2) is 0 Å². The van der Waals surface area contributed by atoms with Crippen molar-refractivity contribution in [1.82, 2.24) is 0 Å². The Bertz CT molecular complexity index is 177. The van der Waals surface area contributed by atoms with Gasteiger partial charge in [-0.3, -0.25) is 4.79 Å². The maximum Gasteiger partial charge on any atom is 0.307 e. The van der Waals surface area contributed by atoms with E-state index in [1.54, 1.807) is 0 Å². The minimum Gasteiger partial charge on any atom is -0.550 e. The third kappa shape index (κ3) is 1.75. The van der Waals surface area contributed by atoms with Gasteiger partial charge >= 0.3 is 5.97 Å². The predicted molar refractivity (Wildman–Crippen MR) is 38.1 cm³/mol. The number of hydrogen-bond acceptors (Lipinski definition) is 3. The Kier molecular flexibility index (Phi) is 2.68. The summed E-state index contributed by atoms with van der Waals surface area (Å²) in [4.78, 5) is 21.1. The van der Waals surface area contributed by atoms with Crippen molar-refractivity contribution >= 4 is 11.9 Å². The Hall–Kier alpha value is -1.06. The second-order valence-electron chi connectivity index (χ2n) is 3.15. The highest BCUT2D eigenvalue weighted by Gasteiger charge is 2.31. The zero-order valence-corrected chi connectivity index (χ0v) is 6.66. The fourth-order valence-corrected chi connectivity index (χ4v) is 1.71. The Balaban J connectivity index is 2.67. The van der Waals surface area contributed by atoms with Gasteiger partial charge in [0.05, 0.1) is 5.92 Å². The van der Waals surface area contributed by atoms with Gasteiger partial charge in [-0.05, 0) is 12.8 Å². The molecule has 1 saturated carbocycles. The summed E-state index contributed by atoms with van der Waals surface area (Å²) >= 11 is 0. The summed E-state index contributed by atoms with van der Waals surface area (Å²) in [7, 11) is 0. The monoisotopic (exact) mass is 171 g/mol. The normalized spacial score (nSPS) is 29.7. The zero-order valence-electron chi connectivity index (χ0n) is 6.66. The van der Waals surface area contributed by atoms with Crippen molar-refractivity contribution in [1.29, 1.82) is 0 Å². The SMILES string of the molecule is O=C([O-])[C@@H]1CCCC[C@H]1C(=O)O. The van der Waals surface area contributed by atoms with E-state index < -0.39 is 23.8 Å². The lowest BCUT2D eigenvalue weighted by molar-refractivity contribution is -0.314. The minimum absolute atomic E-state index is 0.444. The van der Waals surface area contributed by atoms with Crippen LogP contribution in [0.4, 0.5) is 0 Å². The number of carboxylic acids is 2. The Morgan fingerprint density at radius 3 is 2.00 bits per heavy atom. The van der Waals surface area contributed by atoms with Gasteiger partial charge in [-0.2, -0.15) is 0 Å². The van der Waals surface area contributed by atoms with E-state index in [1.165, 1.54) is 0 Å². The van der Waals surface area contributed by atoms with Gasteiger partial charge in [0.1, 0.15) is 0 Å². The Labute approximate surface area is 70.2 Å². The van der Waals surface area contributed by atoms with Crippen molar-refractivity contribution in [3.8, 4) is 0 Å². The second-order valence-corrected chi connectivity index (χ2v) is 3.15. The second kappa shape index (κ2) is 3.56. The van der Waals surface area contributed by atoms with E-state index in [0.29, 0.717) is 12.8 Å². The van der Waals surface area contributed by atoms with Crippen molar-refractivity contribution in [2.45, 2.75) is 25.7 Å². The first kappa shape index (κ1) is 9.03. The van der Waals surface area contributed by atoms with Gasteiger partial charge in [0.2, 0.25) is 0 Å². The number of carboxylic acid groups (broad SMARTS) is 2. The van der Waals surface area contributed by atoms with Crippen LogP contribution in [0.15, 0.2) is 0 Å². The van der Waals surface area contributed by atoms with E-state index in [4.69, 9.17) is 5.11 Å². The molecule has 1 N–H and O–H groups in total. The van der Waals surface area contributed by atoms with Gasteiger partial charge in [-0.15, -0.1) is 0 Å². The average Bonchev–Trinajstić information content (AvgIpc) is 2.04. The molecule has 0 aromatic heterocycles. The standard InChI is InChI=1S/C8H12O4/c9-7(10)5-3-1-2-4-6(5)8(11)12/h5-6H,1-4H2,(H,9,10)(H,11,12)/p-1/t5-,6-/m1/s1. The van der Waals surface area contributed by atoms with Crippen molar-refractivity contribution in [3.63, 3.8) is 0 Å². The van der Waals surface area contributed by atoms with Crippen LogP contribution >= 0.6 is 0 Å². The Morgan fingerprint density at radius 2 is 1.67 bits per heavy atom. The molecule has 1 rings (SSSR count). The summed E-state index contributed by atoms with van der Waals surface area (Å²) in [5.74, 6) is -3.74. The number of rotatable bonds is 2. The first-order valence-electron chi connectivity index (χ1n) is 4.06. The van der Waals surface area contributed by atoms with Crippen LogP contribution in [0, 0.1) is 11.8 Å². The fourth-order valence-electron chi connectivity index (χ4n) is 1.71. The largest absolute Gasteiger partial charge is 0.550 e. The lowest BCUT2D eigenvalue weighted by atomic mass is 9.79. The van der Waals surface area contributed by atoms with E-state index in [2.05, 4.69) is 0 Å². The van der Waals surface area contributed by atoms with Crippen LogP contribution < -0.4 is 5.11 Å². The van der Waals surface area contributed by atoms with E-state index in [1.807, 2.05) is 0 Å². The minimum atomic E-state index is -1.22. The smallest absolute Gasteiger partial charge is 0.307 e. The first-order chi connectivity index (χ1) is 5.63. The fraction of sp³-hybridized carbons (Fsp3) is 0.750. The molecule has 0 aromatic carbocycles. The maximum absolute atomic E-state index is 10.6. The molecular formula is C8H11O4-. The highest BCUT2D eigenvalue weighted by Crippen LogP contribution is 2.29. The molecule has 0 saturated heterocycles. The van der Waals surface area contributed by atoms with Crippen molar-refractivity contribution in [2.75, 3.05) is 0 Å². The van der Waals surface area contributed by atoms with Gasteiger partial charge in [-0.25, -0.2) is 0 Å². The molecule has 1 fully saturated rings. The Morgan fingerprint density at radius 1 is 1.17 bits per heavy atom. The summed E-state index contributed by atoms with van der Waals surface area (Å²) in [6, 6.07) is 0. The predicted octanol–water partition coefficient (Wildman–Crippen LogP) is -0.373. The number of carbonyl (C=O) groups is 2. The van der Waals surface area contributed by atoms with Crippen LogP contribution in [0.5, 0.6) is 0 Å². The summed E-state index contributed by atoms with van der Waals surface area (Å²) in [6.07, 6.45) is 2.51. The molecule has 1 aliphatic rings. The molecule has 1 aliphatic carbocycles. The molecule has 2 atom stereocenters. The maximum atomic E-state index is 10.6. The molecule has 12 heavy (non-hydrogen) atoms. The van der Waals surface area contributed by atoms with Gasteiger partial charge in [-0.1, -0.05) is 12.8 Å². The van der Waals surface area contributed by atoms with Crippen LogP contribution in [0.25, 0.3) is 0 Å². The molecule has 0 unspecified atom stereocenters. The number of hydrogen-bond donors (Lipinski definition) is 1.